The molecule has 5 nitrogen and oxygen atoms in total. The second-order valence-electron chi connectivity index (χ2n) is 4.33. The molecule has 0 fully saturated rings. The van der Waals surface area contributed by atoms with Gasteiger partial charge in [-0.05, 0) is 30.3 Å². The number of hydrogen-bond acceptors (Lipinski definition) is 4. The minimum absolute atomic E-state index is 0.0471. The lowest BCUT2D eigenvalue weighted by molar-refractivity contribution is 0.595. The molecule has 2 aromatic rings. The highest BCUT2D eigenvalue weighted by molar-refractivity contribution is 7.92. The molecule has 0 aliphatic heterocycles. The van der Waals surface area contributed by atoms with Crippen LogP contribution in [0.2, 0.25) is 0 Å². The van der Waals surface area contributed by atoms with Gasteiger partial charge in [0.2, 0.25) is 0 Å². The number of hydrogen-bond donors (Lipinski definition) is 1. The molecule has 2 aromatic carbocycles. The SMILES string of the molecule is CS(=O)(=O)c1ccc(F)c(NS(=O)(=O)c2ccccc2)c1. The molecule has 0 aromatic heterocycles. The van der Waals surface area contributed by atoms with Crippen LogP contribution in [0.1, 0.15) is 0 Å². The van der Waals surface area contributed by atoms with Crippen LogP contribution in [0.4, 0.5) is 10.1 Å². The smallest absolute Gasteiger partial charge is 0.261 e. The number of sulfone groups is 1. The largest absolute Gasteiger partial charge is 0.277 e. The van der Waals surface area contributed by atoms with Crippen molar-refractivity contribution in [2.24, 2.45) is 0 Å². The molecule has 0 heterocycles. The molecule has 0 radical (unpaired) electrons. The van der Waals surface area contributed by atoms with Crippen LogP contribution in [-0.4, -0.2) is 23.1 Å². The fourth-order valence-corrected chi connectivity index (χ4v) is 3.34. The summed E-state index contributed by atoms with van der Waals surface area (Å²) in [6.07, 6.45) is 0.954. The van der Waals surface area contributed by atoms with Crippen molar-refractivity contribution < 1.29 is 21.2 Å². The molecule has 0 amide bonds. The number of anilines is 1. The van der Waals surface area contributed by atoms with Crippen LogP contribution in [0.25, 0.3) is 0 Å². The van der Waals surface area contributed by atoms with Crippen molar-refractivity contribution in [1.82, 2.24) is 0 Å². The highest BCUT2D eigenvalue weighted by atomic mass is 32.2. The van der Waals surface area contributed by atoms with Gasteiger partial charge in [-0.1, -0.05) is 18.2 Å². The Bertz CT molecular complexity index is 862. The Morgan fingerprint density at radius 1 is 0.905 bits per heavy atom. The summed E-state index contributed by atoms with van der Waals surface area (Å²) in [7, 11) is -7.55. The molecule has 0 saturated carbocycles. The summed E-state index contributed by atoms with van der Waals surface area (Å²) in [5, 5.41) is 0. The lowest BCUT2D eigenvalue weighted by Crippen LogP contribution is -2.14. The van der Waals surface area contributed by atoms with Crippen molar-refractivity contribution in [2.75, 3.05) is 11.0 Å². The van der Waals surface area contributed by atoms with Gasteiger partial charge in [0.1, 0.15) is 5.82 Å². The van der Waals surface area contributed by atoms with E-state index in [1.165, 1.54) is 24.3 Å². The van der Waals surface area contributed by atoms with E-state index in [0.29, 0.717) is 0 Å². The van der Waals surface area contributed by atoms with E-state index < -0.39 is 31.4 Å². The average Bonchev–Trinajstić information content (AvgIpc) is 2.41. The third kappa shape index (κ3) is 3.59. The minimum atomic E-state index is -3.98. The highest BCUT2D eigenvalue weighted by Gasteiger charge is 2.18. The van der Waals surface area contributed by atoms with E-state index in [4.69, 9.17) is 0 Å². The second-order valence-corrected chi connectivity index (χ2v) is 8.03. The zero-order chi connectivity index (χ0) is 15.7. The molecule has 0 atom stereocenters. The van der Waals surface area contributed by atoms with Gasteiger partial charge >= 0.3 is 0 Å². The first kappa shape index (κ1) is 15.5. The zero-order valence-electron chi connectivity index (χ0n) is 10.9. The monoisotopic (exact) mass is 329 g/mol. The molecule has 0 unspecified atom stereocenters. The number of nitrogens with one attached hydrogen (secondary N) is 1. The molecular weight excluding hydrogens is 317 g/mol. The van der Waals surface area contributed by atoms with E-state index >= 15 is 0 Å². The van der Waals surface area contributed by atoms with E-state index in [1.807, 2.05) is 4.72 Å². The molecule has 8 heteroatoms. The van der Waals surface area contributed by atoms with E-state index in [1.54, 1.807) is 6.07 Å². The van der Waals surface area contributed by atoms with Gasteiger partial charge in [0.25, 0.3) is 10.0 Å². The summed E-state index contributed by atoms with van der Waals surface area (Å²) < 4.78 is 62.8. The van der Waals surface area contributed by atoms with Gasteiger partial charge in [0.15, 0.2) is 9.84 Å². The fourth-order valence-electron chi connectivity index (χ4n) is 1.62. The van der Waals surface area contributed by atoms with Crippen LogP contribution in [0.5, 0.6) is 0 Å². The summed E-state index contributed by atoms with van der Waals surface area (Å²) in [5.41, 5.74) is -0.415. The Labute approximate surface area is 122 Å². The molecule has 0 saturated heterocycles. The van der Waals surface area contributed by atoms with E-state index in [9.17, 15) is 21.2 Å². The molecular formula is C13H12FNO4S2. The van der Waals surface area contributed by atoms with Gasteiger partial charge in [-0.3, -0.25) is 4.72 Å². The normalized spacial score (nSPS) is 12.1. The lowest BCUT2D eigenvalue weighted by Gasteiger charge is -2.10. The Morgan fingerprint density at radius 3 is 2.10 bits per heavy atom. The highest BCUT2D eigenvalue weighted by Crippen LogP contribution is 2.22. The number of rotatable bonds is 4. The first-order chi connectivity index (χ1) is 9.70. The molecule has 2 rings (SSSR count). The van der Waals surface area contributed by atoms with Crippen LogP contribution in [-0.2, 0) is 19.9 Å². The van der Waals surface area contributed by atoms with Crippen molar-refractivity contribution in [3.05, 3.63) is 54.3 Å². The molecule has 21 heavy (non-hydrogen) atoms. The molecule has 0 aliphatic carbocycles. The Hall–Kier alpha value is -1.93. The number of benzene rings is 2. The van der Waals surface area contributed by atoms with E-state index in [2.05, 4.69) is 0 Å². The average molecular weight is 329 g/mol. The van der Waals surface area contributed by atoms with Crippen molar-refractivity contribution in [1.29, 1.82) is 0 Å². The molecule has 0 bridgehead atoms. The van der Waals surface area contributed by atoms with Gasteiger partial charge in [-0.2, -0.15) is 0 Å². The first-order valence-corrected chi connectivity index (χ1v) is 9.15. The Morgan fingerprint density at radius 2 is 1.52 bits per heavy atom. The van der Waals surface area contributed by atoms with Gasteiger partial charge in [-0.15, -0.1) is 0 Å². The minimum Gasteiger partial charge on any atom is -0.277 e. The standard InChI is InChI=1S/C13H12FNO4S2/c1-20(16,17)11-7-8-12(14)13(9-11)15-21(18,19)10-5-3-2-4-6-10/h2-9,15H,1H3. The van der Waals surface area contributed by atoms with Gasteiger partial charge in [0, 0.05) is 6.26 Å². The van der Waals surface area contributed by atoms with E-state index in [-0.39, 0.29) is 9.79 Å². The molecule has 112 valence electrons. The Balaban J connectivity index is 2.45. The van der Waals surface area contributed by atoms with Crippen LogP contribution >= 0.6 is 0 Å². The van der Waals surface area contributed by atoms with Crippen molar-refractivity contribution >= 4 is 25.5 Å². The maximum Gasteiger partial charge on any atom is 0.261 e. The molecule has 0 aliphatic rings. The third-order valence-electron chi connectivity index (χ3n) is 2.66. The quantitative estimate of drug-likeness (QED) is 0.870. The predicted molar refractivity (Wildman–Crippen MR) is 76.8 cm³/mol. The van der Waals surface area contributed by atoms with Gasteiger partial charge < -0.3 is 0 Å². The maximum atomic E-state index is 13.7. The van der Waals surface area contributed by atoms with Crippen LogP contribution in [0.3, 0.4) is 0 Å². The van der Waals surface area contributed by atoms with Crippen LogP contribution in [0, 0.1) is 5.82 Å². The zero-order valence-corrected chi connectivity index (χ0v) is 12.6. The summed E-state index contributed by atoms with van der Waals surface area (Å²) in [6.45, 7) is 0. The van der Waals surface area contributed by atoms with Gasteiger partial charge in [-0.25, -0.2) is 21.2 Å². The summed E-state index contributed by atoms with van der Waals surface area (Å²) >= 11 is 0. The maximum absolute atomic E-state index is 13.7. The molecule has 0 spiro atoms. The lowest BCUT2D eigenvalue weighted by atomic mass is 10.3. The third-order valence-corrected chi connectivity index (χ3v) is 5.16. The molecule has 1 N–H and O–H groups in total. The Kier molecular flexibility index (Phi) is 4.02. The van der Waals surface area contributed by atoms with Crippen LogP contribution < -0.4 is 4.72 Å². The van der Waals surface area contributed by atoms with E-state index in [0.717, 1.165) is 24.5 Å². The van der Waals surface area contributed by atoms with Crippen molar-refractivity contribution in [3.63, 3.8) is 0 Å². The van der Waals surface area contributed by atoms with Gasteiger partial charge in [0.05, 0.1) is 15.5 Å². The number of sulfonamides is 1. The summed E-state index contributed by atoms with van der Waals surface area (Å²) in [5.74, 6) is -0.859. The number of halogens is 1. The topological polar surface area (TPSA) is 80.3 Å². The van der Waals surface area contributed by atoms with Crippen LogP contribution in [0.15, 0.2) is 58.3 Å². The van der Waals surface area contributed by atoms with Crippen molar-refractivity contribution in [2.45, 2.75) is 9.79 Å². The summed E-state index contributed by atoms with van der Waals surface area (Å²) in [6, 6.07) is 10.3. The summed E-state index contributed by atoms with van der Waals surface area (Å²) in [4.78, 5) is -0.219. The fraction of sp³-hybridized carbons (Fsp3) is 0.0769. The second kappa shape index (κ2) is 5.45. The van der Waals surface area contributed by atoms with Crippen molar-refractivity contribution in [3.8, 4) is 0 Å². The first-order valence-electron chi connectivity index (χ1n) is 5.77. The predicted octanol–water partition coefficient (Wildman–Crippen LogP) is 2.03.